The molecule has 5 heteroatoms. The third-order valence-electron chi connectivity index (χ3n) is 1.75. The van der Waals surface area contributed by atoms with Crippen LogP contribution in [-0.4, -0.2) is 28.4 Å². The lowest BCUT2D eigenvalue weighted by atomic mass is 9.86. The summed E-state index contributed by atoms with van der Waals surface area (Å²) in [5, 5.41) is 8.43. The van der Waals surface area contributed by atoms with Crippen molar-refractivity contribution < 1.29 is 24.3 Å². The average molecular weight is 170 g/mol. The van der Waals surface area contributed by atoms with Gasteiger partial charge in [0, 0.05) is 6.42 Å². The minimum atomic E-state index is -1.33. The quantitative estimate of drug-likeness (QED) is 0.410. The molecule has 0 amide bonds. The lowest BCUT2D eigenvalue weighted by molar-refractivity contribution is -0.154. The van der Waals surface area contributed by atoms with E-state index in [-0.39, 0.29) is 12.8 Å². The van der Waals surface area contributed by atoms with E-state index in [1.165, 1.54) is 0 Å². The maximum absolute atomic E-state index is 10.8. The predicted molar refractivity (Wildman–Crippen MR) is 35.4 cm³/mol. The van der Waals surface area contributed by atoms with Crippen molar-refractivity contribution in [2.45, 2.75) is 12.8 Å². The molecular weight excluding hydrogens is 164 g/mol. The first kappa shape index (κ1) is 8.58. The second-order valence-corrected chi connectivity index (χ2v) is 2.55. The maximum Gasteiger partial charge on any atom is 0.314 e. The van der Waals surface area contributed by atoms with Gasteiger partial charge in [-0.2, -0.15) is 0 Å². The number of hydrogen-bond acceptors (Lipinski definition) is 4. The molecule has 12 heavy (non-hydrogen) atoms. The van der Waals surface area contributed by atoms with Gasteiger partial charge in [0.15, 0.2) is 0 Å². The van der Waals surface area contributed by atoms with Crippen molar-refractivity contribution in [3.8, 4) is 0 Å². The zero-order valence-electron chi connectivity index (χ0n) is 6.07. The Hall–Kier alpha value is -1.52. The highest BCUT2D eigenvalue weighted by atomic mass is 16.4. The van der Waals surface area contributed by atoms with Gasteiger partial charge in [-0.15, -0.1) is 0 Å². The monoisotopic (exact) mass is 170 g/mol. The van der Waals surface area contributed by atoms with Crippen molar-refractivity contribution in [3.05, 3.63) is 0 Å². The zero-order chi connectivity index (χ0) is 9.30. The van der Waals surface area contributed by atoms with Crippen LogP contribution in [0.5, 0.6) is 0 Å². The molecule has 1 rings (SSSR count). The van der Waals surface area contributed by atoms with E-state index in [1.807, 2.05) is 0 Å². The molecule has 0 heterocycles. The summed E-state index contributed by atoms with van der Waals surface area (Å²) in [6.45, 7) is 0. The van der Waals surface area contributed by atoms with Crippen molar-refractivity contribution in [3.63, 3.8) is 0 Å². The fraction of sp³-hybridized carbons (Fsp3) is 0.429. The third kappa shape index (κ3) is 1.25. The third-order valence-corrected chi connectivity index (χ3v) is 1.75. The van der Waals surface area contributed by atoms with Gasteiger partial charge in [-0.3, -0.25) is 19.2 Å². The van der Waals surface area contributed by atoms with E-state index < -0.39 is 29.2 Å². The largest absolute Gasteiger partial charge is 0.481 e. The first-order valence-electron chi connectivity index (χ1n) is 3.38. The number of aliphatic carboxylic acids is 1. The molecule has 1 atom stereocenters. The average Bonchev–Trinajstić information content (AvgIpc) is 2.00. The van der Waals surface area contributed by atoms with Crippen molar-refractivity contribution in [2.75, 3.05) is 0 Å². The van der Waals surface area contributed by atoms with Gasteiger partial charge >= 0.3 is 5.97 Å². The highest BCUT2D eigenvalue weighted by Gasteiger charge is 2.39. The molecule has 0 bridgehead atoms. The van der Waals surface area contributed by atoms with Crippen LogP contribution in [0.1, 0.15) is 12.8 Å². The Labute approximate surface area is 67.4 Å². The van der Waals surface area contributed by atoms with Crippen LogP contribution in [0.25, 0.3) is 0 Å². The Morgan fingerprint density at radius 2 is 1.92 bits per heavy atom. The molecule has 0 saturated heterocycles. The summed E-state index contributed by atoms with van der Waals surface area (Å²) >= 11 is 0. The van der Waals surface area contributed by atoms with Crippen molar-refractivity contribution in [1.82, 2.24) is 0 Å². The molecule has 0 radical (unpaired) electrons. The summed E-state index contributed by atoms with van der Waals surface area (Å²) in [6.07, 6.45) is -0.194. The molecule has 0 spiro atoms. The number of ketones is 3. The van der Waals surface area contributed by atoms with Gasteiger partial charge < -0.3 is 5.11 Å². The van der Waals surface area contributed by atoms with Crippen LogP contribution >= 0.6 is 0 Å². The molecular formula is C7H6O5. The van der Waals surface area contributed by atoms with E-state index in [0.717, 1.165) is 0 Å². The van der Waals surface area contributed by atoms with Crippen molar-refractivity contribution >= 4 is 23.3 Å². The number of Topliss-reactive ketones (excluding diaryl/α,β-unsaturated/α-hetero) is 3. The Morgan fingerprint density at radius 3 is 2.42 bits per heavy atom. The van der Waals surface area contributed by atoms with Crippen LogP contribution in [0.2, 0.25) is 0 Å². The normalized spacial score (nSPS) is 24.3. The van der Waals surface area contributed by atoms with Crippen LogP contribution in [0.15, 0.2) is 0 Å². The molecule has 5 nitrogen and oxygen atoms in total. The summed E-state index contributed by atoms with van der Waals surface area (Å²) in [5.74, 6) is -5.68. The molecule has 1 unspecified atom stereocenters. The molecule has 1 saturated carbocycles. The van der Waals surface area contributed by atoms with Gasteiger partial charge in [0.25, 0.3) is 5.78 Å². The standard InChI is InChI=1S/C7H6O5/c8-4-2-1-3(7(11)12)5(9)6(4)10/h3H,1-2H2,(H,11,12). The molecule has 0 aliphatic heterocycles. The molecule has 1 aliphatic carbocycles. The van der Waals surface area contributed by atoms with Crippen LogP contribution in [0, 0.1) is 5.92 Å². The molecule has 64 valence electrons. The van der Waals surface area contributed by atoms with E-state index in [4.69, 9.17) is 5.11 Å². The number of rotatable bonds is 1. The Bertz CT molecular complexity index is 278. The second-order valence-electron chi connectivity index (χ2n) is 2.55. The number of carboxylic acid groups (broad SMARTS) is 1. The van der Waals surface area contributed by atoms with Gasteiger partial charge in [0.05, 0.1) is 0 Å². The summed E-state index contributed by atoms with van der Waals surface area (Å²) in [5.41, 5.74) is 0. The molecule has 1 N–H and O–H groups in total. The van der Waals surface area contributed by atoms with Crippen LogP contribution < -0.4 is 0 Å². The molecule has 0 aromatic carbocycles. The van der Waals surface area contributed by atoms with Gasteiger partial charge in [-0.1, -0.05) is 0 Å². The van der Waals surface area contributed by atoms with Crippen LogP contribution in [-0.2, 0) is 19.2 Å². The van der Waals surface area contributed by atoms with E-state index in [0.29, 0.717) is 0 Å². The summed E-state index contributed by atoms with van der Waals surface area (Å²) in [7, 11) is 0. The zero-order valence-corrected chi connectivity index (χ0v) is 6.07. The highest BCUT2D eigenvalue weighted by molar-refractivity contribution is 6.66. The maximum atomic E-state index is 10.8. The van der Waals surface area contributed by atoms with E-state index >= 15 is 0 Å². The SMILES string of the molecule is O=C1CCC(C(=O)O)C(=O)C1=O. The van der Waals surface area contributed by atoms with E-state index in [2.05, 4.69) is 0 Å². The summed E-state index contributed by atoms with van der Waals surface area (Å²) in [6, 6.07) is 0. The predicted octanol–water partition coefficient (Wildman–Crippen LogP) is -0.812. The number of hydrogen-bond donors (Lipinski definition) is 1. The Morgan fingerprint density at radius 1 is 1.33 bits per heavy atom. The van der Waals surface area contributed by atoms with Crippen LogP contribution in [0.4, 0.5) is 0 Å². The lowest BCUT2D eigenvalue weighted by Gasteiger charge is -2.13. The van der Waals surface area contributed by atoms with Crippen molar-refractivity contribution in [1.29, 1.82) is 0 Å². The fourth-order valence-corrected chi connectivity index (χ4v) is 1.05. The molecule has 0 aromatic rings. The highest BCUT2D eigenvalue weighted by Crippen LogP contribution is 2.15. The second kappa shape index (κ2) is 2.84. The molecule has 0 aromatic heterocycles. The minimum Gasteiger partial charge on any atom is -0.481 e. The first-order chi connectivity index (χ1) is 5.54. The number of carboxylic acids is 1. The number of carbonyl (C=O) groups excluding carboxylic acids is 3. The fourth-order valence-electron chi connectivity index (χ4n) is 1.05. The van der Waals surface area contributed by atoms with Gasteiger partial charge in [0.2, 0.25) is 11.6 Å². The Kier molecular flexibility index (Phi) is 2.03. The van der Waals surface area contributed by atoms with E-state index in [1.54, 1.807) is 0 Å². The number of carbonyl (C=O) groups is 4. The smallest absolute Gasteiger partial charge is 0.314 e. The molecule has 1 aliphatic rings. The topological polar surface area (TPSA) is 88.5 Å². The van der Waals surface area contributed by atoms with Crippen LogP contribution in [0.3, 0.4) is 0 Å². The van der Waals surface area contributed by atoms with Crippen molar-refractivity contribution in [2.24, 2.45) is 5.92 Å². The minimum absolute atomic E-state index is 0.0568. The van der Waals surface area contributed by atoms with Gasteiger partial charge in [-0.25, -0.2) is 0 Å². The molecule has 1 fully saturated rings. The summed E-state index contributed by atoms with van der Waals surface area (Å²) < 4.78 is 0. The van der Waals surface area contributed by atoms with Gasteiger partial charge in [0.1, 0.15) is 5.92 Å². The summed E-state index contributed by atoms with van der Waals surface area (Å²) in [4.78, 5) is 42.4. The van der Waals surface area contributed by atoms with E-state index in [9.17, 15) is 19.2 Å². The van der Waals surface area contributed by atoms with Gasteiger partial charge in [-0.05, 0) is 6.42 Å². The first-order valence-corrected chi connectivity index (χ1v) is 3.38. The lowest BCUT2D eigenvalue weighted by Crippen LogP contribution is -2.39. The Balaban J connectivity index is 2.86.